The number of fused-ring (bicyclic) bond motifs is 16. The maximum atomic E-state index is 16.3. The molecule has 12 nitrogen and oxygen atoms in total. The standard InChI is InChI=1S/C102H54F30N10O2S2/c103-71-65(72(104)84(116)95(127)83(71)115)59-45-21-17-41(135-45)57(42-18-22-46(136-42)60(66-73(105)85(117)96(128)86(118)74(66)106)50-26-30-54(140-50)63(53-29-25-49(59)139-53)69-79(111)91(123)99(131)92(124)80(69)112)37-9-13-39(14-10-37)101(143)133-33-5-1-3-7-35-145-146-36-8-4-2-6-34-134-102(144)40-15-11-38(12-16-40)58-43-19-23-47(137-43)61(67-75(107)87(119)97(129)88(120)76(67)108)51-27-31-55(141-51)64(70-81(113)93(125)100(132)94(126)82(70)114)56-32-28-52(142-56)62(48-24-20-44(58)138-48)68-77(109)89(121)98(130)90(122)78(68)110/h9-32,135,137,140,142H,1-8,33-36H2,(H,133,143)(H,134,144). The van der Waals surface area contributed by atoms with Crippen LogP contribution in [0.3, 0.4) is 0 Å². The van der Waals surface area contributed by atoms with E-state index in [2.05, 4.69) is 50.5 Å². The molecule has 6 aromatic heterocycles. The smallest absolute Gasteiger partial charge is 0.251 e. The second kappa shape index (κ2) is 40.2. The van der Waals surface area contributed by atoms with Gasteiger partial charge in [0.2, 0.25) is 34.9 Å². The fourth-order valence-electron chi connectivity index (χ4n) is 17.1. The Morgan fingerprint density at radius 3 is 0.534 bits per heavy atom. The van der Waals surface area contributed by atoms with Crippen LogP contribution in [0.2, 0.25) is 0 Å². The predicted molar refractivity (Wildman–Crippen MR) is 486 cm³/mol. The van der Waals surface area contributed by atoms with E-state index in [1.807, 2.05) is 0 Å². The molecular formula is C102H54F30N10O2S2. The number of benzene rings is 8. The first kappa shape index (κ1) is 101. The second-order valence-corrected chi connectivity index (χ2v) is 35.5. The number of nitrogens with one attached hydrogen (secondary N) is 6. The highest BCUT2D eigenvalue weighted by molar-refractivity contribution is 8.76. The number of unbranched alkanes of at least 4 members (excludes halogenated alkanes) is 6. The first-order chi connectivity index (χ1) is 69.8. The van der Waals surface area contributed by atoms with E-state index in [4.69, 9.17) is 0 Å². The number of aromatic amines is 4. The van der Waals surface area contributed by atoms with Gasteiger partial charge in [-0.3, -0.25) is 9.59 Å². The summed E-state index contributed by atoms with van der Waals surface area (Å²) in [5.74, 6) is -75.3. The maximum absolute atomic E-state index is 16.3. The summed E-state index contributed by atoms with van der Waals surface area (Å²) in [5, 5.41) is 5.62. The van der Waals surface area contributed by atoms with Crippen LogP contribution in [0.5, 0.6) is 0 Å². The molecule has 0 radical (unpaired) electrons. The summed E-state index contributed by atoms with van der Waals surface area (Å²) in [6, 6.07) is 18.3. The molecular weight excluding hydrogens is 2030 g/mol. The molecule has 4 aliphatic rings. The lowest BCUT2D eigenvalue weighted by Crippen LogP contribution is -2.24. The topological polar surface area (TPSA) is 173 Å². The summed E-state index contributed by atoms with van der Waals surface area (Å²) in [5.41, 5.74) is -26.4. The number of amides is 2. The van der Waals surface area contributed by atoms with Gasteiger partial charge >= 0.3 is 0 Å². The van der Waals surface area contributed by atoms with E-state index in [1.54, 1.807) is 21.6 Å². The first-order valence-corrected chi connectivity index (χ1v) is 45.7. The van der Waals surface area contributed by atoms with Crippen molar-refractivity contribution in [2.24, 2.45) is 0 Å². The number of halogens is 30. The van der Waals surface area contributed by atoms with Gasteiger partial charge in [0.25, 0.3) is 11.8 Å². The van der Waals surface area contributed by atoms with Crippen molar-refractivity contribution in [3.05, 3.63) is 328 Å². The van der Waals surface area contributed by atoms with Crippen LogP contribution in [-0.4, -0.2) is 76.3 Å². The van der Waals surface area contributed by atoms with E-state index in [-0.39, 0.29) is 68.9 Å². The van der Waals surface area contributed by atoms with Gasteiger partial charge in [-0.05, 0) is 158 Å². The Morgan fingerprint density at radius 1 is 0.192 bits per heavy atom. The summed E-state index contributed by atoms with van der Waals surface area (Å²) in [6.07, 6.45) is 12.8. The van der Waals surface area contributed by atoms with Crippen molar-refractivity contribution >= 4 is 126 Å². The molecule has 8 aromatic carbocycles. The Labute approximate surface area is 807 Å². The lowest BCUT2D eigenvalue weighted by molar-refractivity contribution is 0.0944. The summed E-state index contributed by atoms with van der Waals surface area (Å²) in [6.45, 7) is 0.387. The van der Waals surface area contributed by atoms with Gasteiger partial charge in [-0.2, -0.15) is 0 Å². The van der Waals surface area contributed by atoms with Crippen LogP contribution in [-0.2, 0) is 0 Å². The van der Waals surface area contributed by atoms with Gasteiger partial charge in [-0.25, -0.2) is 152 Å². The molecule has 44 heteroatoms. The lowest BCUT2D eigenvalue weighted by atomic mass is 10.0. The lowest BCUT2D eigenvalue weighted by Gasteiger charge is -2.11. The predicted octanol–water partition coefficient (Wildman–Crippen LogP) is 29.8. The molecule has 14 aromatic rings. The van der Waals surface area contributed by atoms with Gasteiger partial charge in [0.05, 0.1) is 78.9 Å². The molecule has 10 heterocycles. The first-order valence-electron chi connectivity index (χ1n) is 43.2. The highest BCUT2D eigenvalue weighted by atomic mass is 33.1. The molecule has 0 aliphatic carbocycles. The number of nitrogens with zero attached hydrogens (tertiary/aromatic N) is 4. The van der Waals surface area contributed by atoms with Crippen molar-refractivity contribution in [3.63, 3.8) is 0 Å². The van der Waals surface area contributed by atoms with Crippen LogP contribution in [0, 0.1) is 175 Å². The molecule has 746 valence electrons. The van der Waals surface area contributed by atoms with E-state index in [9.17, 15) is 35.9 Å². The summed E-state index contributed by atoms with van der Waals surface area (Å²) < 4.78 is 467. The third-order valence-corrected chi connectivity index (χ3v) is 26.7. The van der Waals surface area contributed by atoms with Crippen molar-refractivity contribution in [1.29, 1.82) is 0 Å². The Kier molecular flexibility index (Phi) is 27.7. The minimum atomic E-state index is -2.67. The zero-order chi connectivity index (χ0) is 104. The third kappa shape index (κ3) is 17.7. The van der Waals surface area contributed by atoms with E-state index in [1.165, 1.54) is 48.5 Å². The molecule has 16 bridgehead atoms. The molecule has 0 unspecified atom stereocenters. The zero-order valence-electron chi connectivity index (χ0n) is 73.1. The number of carbonyl (C=O) groups excluding carboxylic acids is 2. The molecule has 0 saturated heterocycles. The van der Waals surface area contributed by atoms with Gasteiger partial charge < -0.3 is 30.6 Å². The highest BCUT2D eigenvalue weighted by Crippen LogP contribution is 2.49. The van der Waals surface area contributed by atoms with Crippen LogP contribution in [0.25, 0.3) is 182 Å². The van der Waals surface area contributed by atoms with E-state index >= 15 is 105 Å². The monoisotopic (exact) mass is 2080 g/mol. The number of H-pyrrole nitrogens is 4. The molecule has 6 N–H and O–H groups in total. The van der Waals surface area contributed by atoms with Gasteiger partial charge in [0, 0.05) is 124 Å². The van der Waals surface area contributed by atoms with Crippen LogP contribution in [0.1, 0.15) is 118 Å². The quantitative estimate of drug-likeness (QED) is 0.0108. The van der Waals surface area contributed by atoms with E-state index in [0.717, 1.165) is 134 Å². The van der Waals surface area contributed by atoms with Crippen molar-refractivity contribution in [1.82, 2.24) is 50.5 Å². The Hall–Kier alpha value is -15.5. The minimum absolute atomic E-state index is 0.0576. The fraction of sp³-hybridized carbons (Fsp3) is 0.118. The summed E-state index contributed by atoms with van der Waals surface area (Å²) >= 11 is 0. The van der Waals surface area contributed by atoms with Crippen molar-refractivity contribution in [2.75, 3.05) is 24.6 Å². The van der Waals surface area contributed by atoms with Crippen molar-refractivity contribution < 1.29 is 141 Å². The van der Waals surface area contributed by atoms with Gasteiger partial charge in [0.15, 0.2) is 140 Å². The van der Waals surface area contributed by atoms with Crippen LogP contribution < -0.4 is 10.6 Å². The molecule has 0 fully saturated rings. The largest absolute Gasteiger partial charge is 0.354 e. The molecule has 146 heavy (non-hydrogen) atoms. The SMILES string of the molecule is O=C(NCCCCCCSSCCCCCCNC(=O)c1ccc(-c2c3nc(c(-c4c(F)c(F)c(F)c(F)c4F)c4ccc([nH]4)c(-c4c(F)c(F)c(F)c(F)c4F)c4nc(c(-c5c(F)c(F)c(F)c(F)c5F)c5ccc2[nH]5)C=C4)C=C3)cc1)c1ccc(-c2c3nc(c(-c4c(F)c(F)c(F)c(F)c4F)c4ccc([nH]4)c(-c4c(F)c(F)c(F)c(F)c4F)c4nc(c(-c5c(F)c(F)c(F)c(F)c5F)c5ccc2[nH]5)C=C4)C=C3)cc1. The zero-order valence-corrected chi connectivity index (χ0v) is 74.7. The summed E-state index contributed by atoms with van der Waals surface area (Å²) in [4.78, 5) is 55.2. The Bertz CT molecular complexity index is 7650. The minimum Gasteiger partial charge on any atom is -0.354 e. The molecule has 18 rings (SSSR count). The molecule has 2 amide bonds. The number of carbonyl (C=O) groups is 2. The van der Waals surface area contributed by atoms with Crippen molar-refractivity contribution in [3.8, 4) is 89.0 Å². The second-order valence-electron chi connectivity index (χ2n) is 32.8. The Balaban J connectivity index is 0.531. The van der Waals surface area contributed by atoms with E-state index in [0.29, 0.717) is 25.7 Å². The number of hydrogen-bond acceptors (Lipinski definition) is 8. The van der Waals surface area contributed by atoms with Gasteiger partial charge in [-0.15, -0.1) is 0 Å². The fourth-order valence-corrected chi connectivity index (χ4v) is 19.4. The summed E-state index contributed by atoms with van der Waals surface area (Å²) in [7, 11) is 3.28. The average molecular weight is 2090 g/mol. The van der Waals surface area contributed by atoms with E-state index < -0.39 is 320 Å². The number of rotatable bonds is 25. The van der Waals surface area contributed by atoms with Crippen molar-refractivity contribution in [2.45, 2.75) is 51.4 Å². The van der Waals surface area contributed by atoms with Gasteiger partial charge in [0.1, 0.15) is 0 Å². The Morgan fingerprint density at radius 2 is 0.349 bits per heavy atom. The maximum Gasteiger partial charge on any atom is 0.251 e. The van der Waals surface area contributed by atoms with Crippen LogP contribution in [0.4, 0.5) is 132 Å². The molecule has 0 atom stereocenters. The molecule has 0 saturated carbocycles. The molecule has 4 aliphatic heterocycles. The molecule has 0 spiro atoms. The third-order valence-electron chi connectivity index (χ3n) is 24.1. The van der Waals surface area contributed by atoms with Crippen LogP contribution in [0.15, 0.2) is 97.1 Å². The van der Waals surface area contributed by atoms with Crippen LogP contribution >= 0.6 is 21.6 Å². The normalized spacial score (nSPS) is 12.2. The van der Waals surface area contributed by atoms with Gasteiger partial charge in [-0.1, -0.05) is 71.5 Å². The number of hydrogen-bond donors (Lipinski definition) is 6. The number of aromatic nitrogens is 8. The highest BCUT2D eigenvalue weighted by Gasteiger charge is 2.39. The average Bonchev–Trinajstić information content (AvgIpc) is 1.61.